The fraction of sp³-hybridized carbons (Fsp3) is 0.619. The van der Waals surface area contributed by atoms with Gasteiger partial charge in [0.25, 0.3) is 0 Å². The van der Waals surface area contributed by atoms with Gasteiger partial charge in [-0.2, -0.15) is 0 Å². The van der Waals surface area contributed by atoms with Crippen LogP contribution >= 0.6 is 0 Å². The minimum Gasteiger partial charge on any atom is -0.310 e. The second-order valence-electron chi connectivity index (χ2n) is 7.85. The van der Waals surface area contributed by atoms with Crippen molar-refractivity contribution >= 4 is 10.9 Å². The van der Waals surface area contributed by atoms with E-state index in [4.69, 9.17) is 0 Å². The molecular weight excluding hydrogens is 308 g/mol. The molecule has 1 aromatic carbocycles. The Morgan fingerprint density at radius 1 is 1.00 bits per heavy atom. The van der Waals surface area contributed by atoms with Crippen molar-refractivity contribution < 1.29 is 0 Å². The Balaban J connectivity index is 1.57. The van der Waals surface area contributed by atoms with Crippen molar-refractivity contribution in [3.05, 3.63) is 36.0 Å². The number of piperidine rings is 1. The van der Waals surface area contributed by atoms with Crippen molar-refractivity contribution in [1.82, 2.24) is 14.5 Å². The third kappa shape index (κ3) is 3.56. The molecule has 2 aliphatic heterocycles. The van der Waals surface area contributed by atoms with Crippen LogP contribution in [0.25, 0.3) is 10.9 Å². The zero-order valence-corrected chi connectivity index (χ0v) is 15.7. The summed E-state index contributed by atoms with van der Waals surface area (Å²) >= 11 is 0. The largest absolute Gasteiger partial charge is 0.310 e. The number of piperazine rings is 1. The third-order valence-electron chi connectivity index (χ3n) is 5.86. The smallest absolute Gasteiger partial charge is 0.0777 e. The molecular formula is C21H31N4. The normalized spacial score (nSPS) is 20.7. The number of hydrogen-bond donors (Lipinski definition) is 0. The van der Waals surface area contributed by atoms with Crippen molar-refractivity contribution in [3.63, 3.8) is 0 Å². The molecule has 0 aliphatic carbocycles. The molecule has 0 unspecified atom stereocenters. The molecule has 25 heavy (non-hydrogen) atoms. The van der Waals surface area contributed by atoms with E-state index in [1.807, 2.05) is 6.07 Å². The summed E-state index contributed by atoms with van der Waals surface area (Å²) in [5.74, 6) is 0. The van der Waals surface area contributed by atoms with E-state index in [1.165, 1.54) is 48.8 Å². The summed E-state index contributed by atoms with van der Waals surface area (Å²) in [4.78, 5) is 5.19. The molecule has 0 N–H and O–H groups in total. The lowest BCUT2D eigenvalue weighted by atomic mass is 10.1. The second-order valence-corrected chi connectivity index (χ2v) is 7.85. The van der Waals surface area contributed by atoms with Gasteiger partial charge in [-0.3, -0.25) is 14.5 Å². The highest BCUT2D eigenvalue weighted by molar-refractivity contribution is 5.83. The molecule has 4 heteroatoms. The lowest BCUT2D eigenvalue weighted by molar-refractivity contribution is 0.196. The summed E-state index contributed by atoms with van der Waals surface area (Å²) in [5, 5.41) is 3.87. The molecule has 1 radical (unpaired) electrons. The topological polar surface area (TPSA) is 14.7 Å². The third-order valence-corrected chi connectivity index (χ3v) is 5.86. The van der Waals surface area contributed by atoms with Gasteiger partial charge in [0, 0.05) is 56.4 Å². The molecule has 4 nitrogen and oxygen atoms in total. The van der Waals surface area contributed by atoms with Gasteiger partial charge in [0.2, 0.25) is 0 Å². The maximum Gasteiger partial charge on any atom is 0.0777 e. The van der Waals surface area contributed by atoms with Crippen molar-refractivity contribution in [2.45, 2.75) is 45.7 Å². The average molecular weight is 340 g/mol. The van der Waals surface area contributed by atoms with E-state index < -0.39 is 0 Å². The number of nitrogens with zero attached hydrogens (tertiary/aromatic N) is 4. The van der Waals surface area contributed by atoms with Crippen molar-refractivity contribution in [3.8, 4) is 0 Å². The van der Waals surface area contributed by atoms with E-state index in [0.29, 0.717) is 6.04 Å². The maximum atomic E-state index is 3.50. The Hall–Kier alpha value is -1.52. The van der Waals surface area contributed by atoms with E-state index in [0.717, 1.165) is 32.7 Å². The number of para-hydroxylation sites is 1. The summed E-state index contributed by atoms with van der Waals surface area (Å²) in [7, 11) is 0. The van der Waals surface area contributed by atoms with E-state index in [9.17, 15) is 0 Å². The quantitative estimate of drug-likeness (QED) is 0.851. The number of likely N-dealkylation sites (tertiary alicyclic amines) is 1. The van der Waals surface area contributed by atoms with Gasteiger partial charge in [0.05, 0.1) is 5.52 Å². The summed E-state index contributed by atoms with van der Waals surface area (Å²) < 4.78 is 2.38. The maximum absolute atomic E-state index is 3.50. The standard InChI is InChI=1S/C21H31N4/c1-18(2)23-12-14-24(15-13-23)25-17-19(16-22-10-6-3-7-11-22)20-8-4-5-9-21(20)25/h4-5,8,17-18H,3,6-7,10-16H2,1-2H3. The van der Waals surface area contributed by atoms with Gasteiger partial charge in [-0.15, -0.1) is 0 Å². The molecule has 2 fully saturated rings. The Bertz CT molecular complexity index is 691. The zero-order chi connectivity index (χ0) is 17.2. The molecule has 3 heterocycles. The van der Waals surface area contributed by atoms with Crippen LogP contribution in [0.2, 0.25) is 0 Å². The van der Waals surface area contributed by atoms with Crippen LogP contribution in [0.4, 0.5) is 0 Å². The van der Waals surface area contributed by atoms with Crippen LogP contribution in [0, 0.1) is 6.07 Å². The number of aromatic nitrogens is 1. The highest BCUT2D eigenvalue weighted by atomic mass is 15.6. The minimum absolute atomic E-state index is 0.643. The summed E-state index contributed by atoms with van der Waals surface area (Å²) in [5.41, 5.74) is 2.70. The predicted molar refractivity (Wildman–Crippen MR) is 105 cm³/mol. The molecule has 0 saturated carbocycles. The monoisotopic (exact) mass is 339 g/mol. The first-order valence-corrected chi connectivity index (χ1v) is 9.94. The molecule has 2 aliphatic rings. The van der Waals surface area contributed by atoms with Gasteiger partial charge in [0.1, 0.15) is 0 Å². The highest BCUT2D eigenvalue weighted by Crippen LogP contribution is 2.24. The lowest BCUT2D eigenvalue weighted by Gasteiger charge is -2.38. The van der Waals surface area contributed by atoms with Gasteiger partial charge in [-0.05, 0) is 45.3 Å². The highest BCUT2D eigenvalue weighted by Gasteiger charge is 2.22. The molecule has 1 aromatic heterocycles. The Morgan fingerprint density at radius 2 is 1.76 bits per heavy atom. The SMILES string of the molecule is CC(C)N1CCN(n2cc(CN3CCCCC3)c3ccc[c]c32)CC1. The molecule has 2 saturated heterocycles. The van der Waals surface area contributed by atoms with E-state index in [2.05, 4.69) is 57.7 Å². The van der Waals surface area contributed by atoms with E-state index >= 15 is 0 Å². The van der Waals surface area contributed by atoms with Crippen LogP contribution in [-0.2, 0) is 6.54 Å². The molecule has 0 bridgehead atoms. The van der Waals surface area contributed by atoms with E-state index in [1.54, 1.807) is 0 Å². The zero-order valence-electron chi connectivity index (χ0n) is 15.7. The predicted octanol–water partition coefficient (Wildman–Crippen LogP) is 3.09. The van der Waals surface area contributed by atoms with Gasteiger partial charge >= 0.3 is 0 Å². The van der Waals surface area contributed by atoms with Gasteiger partial charge in [0.15, 0.2) is 0 Å². The molecule has 0 atom stereocenters. The Kier molecular flexibility index (Phi) is 5.00. The fourth-order valence-corrected chi connectivity index (χ4v) is 4.31. The minimum atomic E-state index is 0.643. The summed E-state index contributed by atoms with van der Waals surface area (Å²) in [6, 6.07) is 10.6. The van der Waals surface area contributed by atoms with Crippen molar-refractivity contribution in [2.24, 2.45) is 0 Å². The first-order chi connectivity index (χ1) is 12.2. The van der Waals surface area contributed by atoms with Crippen LogP contribution in [0.5, 0.6) is 0 Å². The van der Waals surface area contributed by atoms with Gasteiger partial charge in [-0.25, -0.2) is 0 Å². The summed E-state index contributed by atoms with van der Waals surface area (Å²) in [6.07, 6.45) is 6.47. The number of rotatable bonds is 4. The van der Waals surface area contributed by atoms with Crippen LogP contribution in [0.15, 0.2) is 24.4 Å². The Morgan fingerprint density at radius 3 is 2.48 bits per heavy atom. The van der Waals surface area contributed by atoms with Crippen LogP contribution in [-0.4, -0.2) is 59.8 Å². The Labute approximate surface area is 152 Å². The number of fused-ring (bicyclic) bond motifs is 1. The second kappa shape index (κ2) is 7.38. The molecule has 0 amide bonds. The first kappa shape index (κ1) is 16.9. The van der Waals surface area contributed by atoms with E-state index in [-0.39, 0.29) is 0 Å². The van der Waals surface area contributed by atoms with Crippen molar-refractivity contribution in [2.75, 3.05) is 44.3 Å². The molecule has 135 valence electrons. The molecule has 0 spiro atoms. The molecule has 4 rings (SSSR count). The van der Waals surface area contributed by atoms with Gasteiger partial charge < -0.3 is 5.01 Å². The first-order valence-electron chi connectivity index (χ1n) is 9.94. The van der Waals surface area contributed by atoms with Gasteiger partial charge in [-0.1, -0.05) is 24.6 Å². The number of benzene rings is 1. The lowest BCUT2D eigenvalue weighted by Crippen LogP contribution is -2.52. The van der Waals surface area contributed by atoms with Crippen LogP contribution in [0.1, 0.15) is 38.7 Å². The molecule has 2 aromatic rings. The fourth-order valence-electron chi connectivity index (χ4n) is 4.31. The summed E-state index contributed by atoms with van der Waals surface area (Å²) in [6.45, 7) is 12.6. The van der Waals surface area contributed by atoms with Crippen LogP contribution in [0.3, 0.4) is 0 Å². The van der Waals surface area contributed by atoms with Crippen molar-refractivity contribution in [1.29, 1.82) is 0 Å². The van der Waals surface area contributed by atoms with Crippen LogP contribution < -0.4 is 5.01 Å². The average Bonchev–Trinajstić information content (AvgIpc) is 3.01. The number of hydrogen-bond acceptors (Lipinski definition) is 3.